The second-order valence-electron chi connectivity index (χ2n) is 4.55. The van der Waals surface area contributed by atoms with Crippen LogP contribution >= 0.6 is 0 Å². The summed E-state index contributed by atoms with van der Waals surface area (Å²) in [6, 6.07) is 3.34. The number of carbonyl (C=O) groups is 1. The van der Waals surface area contributed by atoms with Crippen LogP contribution < -0.4 is 0 Å². The molecule has 0 unspecified atom stereocenters. The molecule has 2 rings (SSSR count). The van der Waals surface area contributed by atoms with Crippen molar-refractivity contribution in [2.45, 2.75) is 38.5 Å². The molecule has 1 aliphatic carbocycles. The van der Waals surface area contributed by atoms with E-state index >= 15 is 0 Å². The molecular weight excluding hydrogens is 245 g/mol. The van der Waals surface area contributed by atoms with Gasteiger partial charge >= 0.3 is 5.97 Å². The summed E-state index contributed by atoms with van der Waals surface area (Å²) in [7, 11) is 0. The van der Waals surface area contributed by atoms with Crippen molar-refractivity contribution in [3.05, 3.63) is 34.4 Å². The molecule has 0 aromatic heterocycles. The average molecular weight is 258 g/mol. The first-order valence-electron chi connectivity index (χ1n) is 5.77. The van der Waals surface area contributed by atoms with E-state index in [0.29, 0.717) is 17.5 Å². The molecule has 0 radical (unpaired) electrons. The van der Waals surface area contributed by atoms with Crippen molar-refractivity contribution in [2.75, 3.05) is 0 Å². The largest absolute Gasteiger partial charge is 0.349 e. The van der Waals surface area contributed by atoms with Gasteiger partial charge in [0, 0.05) is 16.5 Å². The van der Waals surface area contributed by atoms with E-state index in [4.69, 9.17) is 0 Å². The fourth-order valence-corrected chi connectivity index (χ4v) is 2.47. The lowest BCUT2D eigenvalue weighted by Gasteiger charge is -2.16. The van der Waals surface area contributed by atoms with Gasteiger partial charge in [-0.15, -0.1) is 0 Å². The van der Waals surface area contributed by atoms with E-state index in [-0.39, 0.29) is 24.8 Å². The molecule has 0 amide bonds. The van der Waals surface area contributed by atoms with Crippen molar-refractivity contribution in [2.24, 2.45) is 0 Å². The van der Waals surface area contributed by atoms with Crippen LogP contribution in [-0.4, -0.2) is 5.97 Å². The summed E-state index contributed by atoms with van der Waals surface area (Å²) >= 11 is 0. The summed E-state index contributed by atoms with van der Waals surface area (Å²) in [6.45, 7) is 1.79. The van der Waals surface area contributed by atoms with Crippen molar-refractivity contribution in [3.63, 3.8) is 0 Å². The maximum absolute atomic E-state index is 13.8. The minimum Gasteiger partial charge on any atom is -0.255 e. The van der Waals surface area contributed by atoms with Gasteiger partial charge in [0.15, 0.2) is 0 Å². The molecule has 0 heterocycles. The Hall–Kier alpha value is -1.52. The predicted octanol–water partition coefficient (Wildman–Crippen LogP) is 3.39. The highest BCUT2D eigenvalue weighted by Gasteiger charge is 2.41. The van der Waals surface area contributed by atoms with Gasteiger partial charge in [-0.3, -0.25) is 4.94 Å². The van der Waals surface area contributed by atoms with Gasteiger partial charge in [-0.2, -0.15) is 0 Å². The third-order valence-electron chi connectivity index (χ3n) is 3.37. The molecule has 1 aliphatic rings. The van der Waals surface area contributed by atoms with Crippen LogP contribution in [0.1, 0.15) is 35.1 Å². The smallest absolute Gasteiger partial charge is 0.255 e. The minimum absolute atomic E-state index is 0.0224. The molecule has 0 saturated carbocycles. The van der Waals surface area contributed by atoms with Crippen LogP contribution in [0.25, 0.3) is 0 Å². The first-order chi connectivity index (χ1) is 8.45. The summed E-state index contributed by atoms with van der Waals surface area (Å²) in [5.41, 5.74) is 1.92. The van der Waals surface area contributed by atoms with E-state index in [1.54, 1.807) is 19.1 Å². The molecule has 98 valence electrons. The maximum Gasteiger partial charge on any atom is 0.349 e. The number of hydrogen-bond acceptors (Lipinski definition) is 2. The Labute approximate surface area is 103 Å². The van der Waals surface area contributed by atoms with Gasteiger partial charge in [0.1, 0.15) is 0 Å². The van der Waals surface area contributed by atoms with E-state index < -0.39 is 11.9 Å². The Morgan fingerprint density at radius 1 is 1.44 bits per heavy atom. The topological polar surface area (TPSA) is 26.3 Å². The normalized spacial score (nSPS) is 16.4. The van der Waals surface area contributed by atoms with E-state index in [9.17, 15) is 18.1 Å². The minimum atomic E-state index is -2.85. The van der Waals surface area contributed by atoms with Gasteiger partial charge in [-0.05, 0) is 36.5 Å². The van der Waals surface area contributed by atoms with E-state index in [2.05, 4.69) is 4.94 Å². The van der Waals surface area contributed by atoms with Gasteiger partial charge in [-0.25, -0.2) is 13.6 Å². The maximum atomic E-state index is 13.8. The highest BCUT2D eigenvalue weighted by atomic mass is 19.3. The average Bonchev–Trinajstić information content (AvgIpc) is 2.66. The van der Waals surface area contributed by atoms with Crippen molar-refractivity contribution in [1.29, 1.82) is 0 Å². The van der Waals surface area contributed by atoms with Gasteiger partial charge < -0.3 is 0 Å². The number of halogens is 3. The van der Waals surface area contributed by atoms with Crippen molar-refractivity contribution < 1.29 is 23.0 Å². The number of carbonyl (C=O) groups excluding carboxylic acids is 1. The Balaban J connectivity index is 2.33. The third kappa shape index (κ3) is 2.21. The van der Waals surface area contributed by atoms with Crippen LogP contribution in [-0.2, 0) is 28.5 Å². The van der Waals surface area contributed by atoms with Crippen molar-refractivity contribution in [1.82, 2.24) is 0 Å². The van der Waals surface area contributed by atoms with Crippen LogP contribution in [0, 0.1) is 6.92 Å². The fourth-order valence-electron chi connectivity index (χ4n) is 2.47. The lowest BCUT2D eigenvalue weighted by molar-refractivity contribution is -0.183. The molecule has 2 nitrogen and oxygen atoms in total. The predicted molar refractivity (Wildman–Crippen MR) is 58.9 cm³/mol. The molecule has 0 fully saturated rings. The van der Waals surface area contributed by atoms with Crippen LogP contribution in [0.3, 0.4) is 0 Å². The lowest BCUT2D eigenvalue weighted by atomic mass is 9.95. The summed E-state index contributed by atoms with van der Waals surface area (Å²) < 4.78 is 39.2. The first kappa shape index (κ1) is 12.9. The number of benzene rings is 1. The Bertz CT molecular complexity index is 483. The van der Waals surface area contributed by atoms with Gasteiger partial charge in [-0.1, -0.05) is 12.1 Å². The molecular formula is C13H13F3O2. The highest BCUT2D eigenvalue weighted by Crippen LogP contribution is 2.44. The zero-order valence-electron chi connectivity index (χ0n) is 9.93. The first-order valence-corrected chi connectivity index (χ1v) is 5.77. The summed E-state index contributed by atoms with van der Waals surface area (Å²) in [5.74, 6) is -3.89. The molecule has 0 spiro atoms. The fraction of sp³-hybridized carbons (Fsp3) is 0.462. The lowest BCUT2D eigenvalue weighted by Crippen LogP contribution is -2.12. The molecule has 0 N–H and O–H groups in total. The Morgan fingerprint density at radius 2 is 2.17 bits per heavy atom. The molecule has 0 saturated heterocycles. The Morgan fingerprint density at radius 3 is 2.83 bits per heavy atom. The summed E-state index contributed by atoms with van der Waals surface area (Å²) in [5, 5.41) is 0. The van der Waals surface area contributed by atoms with Crippen LogP contribution in [0.4, 0.5) is 13.3 Å². The monoisotopic (exact) mass is 258 g/mol. The number of fused-ring (bicyclic) bond motifs is 1. The molecule has 1 aromatic rings. The van der Waals surface area contributed by atoms with E-state index in [1.165, 1.54) is 0 Å². The third-order valence-corrected chi connectivity index (χ3v) is 3.37. The summed E-state index contributed by atoms with van der Waals surface area (Å²) in [6.07, 6.45) is -0.0215. The number of alkyl halides is 2. The zero-order chi connectivity index (χ0) is 13.3. The van der Waals surface area contributed by atoms with Crippen LogP contribution in [0.15, 0.2) is 12.1 Å². The van der Waals surface area contributed by atoms with Crippen LogP contribution in [0.2, 0.25) is 0 Å². The van der Waals surface area contributed by atoms with E-state index in [1.807, 2.05) is 0 Å². The quantitative estimate of drug-likeness (QED) is 0.830. The molecule has 18 heavy (non-hydrogen) atoms. The Kier molecular flexibility index (Phi) is 3.32. The molecule has 0 atom stereocenters. The van der Waals surface area contributed by atoms with Crippen molar-refractivity contribution in [3.8, 4) is 0 Å². The SMILES string of the molecule is Cc1ccc(CCC(=O)OF)c2c1CCC2(F)F. The van der Waals surface area contributed by atoms with Crippen molar-refractivity contribution >= 4 is 5.97 Å². The molecule has 0 bridgehead atoms. The van der Waals surface area contributed by atoms with Gasteiger partial charge in [0.2, 0.25) is 0 Å². The standard InChI is InChI=1S/C13H13F3O2/c1-8-2-3-9(4-5-11(17)18-16)12-10(8)6-7-13(12,14)15/h2-3H,4-7H2,1H3. The number of hydrogen-bond donors (Lipinski definition) is 0. The number of rotatable bonds is 3. The second kappa shape index (κ2) is 4.63. The molecule has 5 heteroatoms. The molecule has 0 aliphatic heterocycles. The van der Waals surface area contributed by atoms with Gasteiger partial charge in [0.05, 0.1) is 6.42 Å². The van der Waals surface area contributed by atoms with E-state index in [0.717, 1.165) is 5.56 Å². The molecule has 1 aromatic carbocycles. The highest BCUT2D eigenvalue weighted by molar-refractivity contribution is 5.69. The second-order valence-corrected chi connectivity index (χ2v) is 4.55. The van der Waals surface area contributed by atoms with Gasteiger partial charge in [0.25, 0.3) is 5.92 Å². The zero-order valence-corrected chi connectivity index (χ0v) is 9.93. The summed E-state index contributed by atoms with van der Waals surface area (Å²) in [4.78, 5) is 13.8. The van der Waals surface area contributed by atoms with Crippen LogP contribution in [0.5, 0.6) is 0 Å². The number of aryl methyl sites for hydroxylation is 2.